The summed E-state index contributed by atoms with van der Waals surface area (Å²) in [5.74, 6) is 0.169. The molecule has 1 heterocycles. The summed E-state index contributed by atoms with van der Waals surface area (Å²) < 4.78 is 10.6. The van der Waals surface area contributed by atoms with Crippen molar-refractivity contribution >= 4 is 5.78 Å². The quantitative estimate of drug-likeness (QED) is 0.641. The van der Waals surface area contributed by atoms with E-state index in [0.717, 1.165) is 19.4 Å². The van der Waals surface area contributed by atoms with Crippen LogP contribution in [-0.4, -0.2) is 31.7 Å². The highest BCUT2D eigenvalue weighted by atomic mass is 16.5. The van der Waals surface area contributed by atoms with E-state index in [1.807, 2.05) is 0 Å². The van der Waals surface area contributed by atoms with Gasteiger partial charge in [-0.3, -0.25) is 4.79 Å². The number of hydrogen-bond acceptors (Lipinski definition) is 3. The molecule has 3 nitrogen and oxygen atoms in total. The Hall–Kier alpha value is -0.410. The first-order valence-corrected chi connectivity index (χ1v) is 4.31. The highest BCUT2D eigenvalue weighted by Crippen LogP contribution is 2.26. The number of rotatable bonds is 3. The monoisotopic (exact) mass is 172 g/mol. The first-order valence-electron chi connectivity index (χ1n) is 4.31. The number of methoxy groups -OCH3 is 1. The molecule has 1 fully saturated rings. The maximum absolute atomic E-state index is 10.9. The molecule has 0 bridgehead atoms. The van der Waals surface area contributed by atoms with Crippen LogP contribution in [0.15, 0.2) is 0 Å². The highest BCUT2D eigenvalue weighted by molar-refractivity contribution is 5.76. The number of ketones is 1. The normalized spacial score (nSPS) is 30.2. The minimum Gasteiger partial charge on any atom is -0.378 e. The van der Waals surface area contributed by atoms with Gasteiger partial charge in [-0.2, -0.15) is 0 Å². The zero-order chi connectivity index (χ0) is 9.03. The molecule has 0 aromatic carbocycles. The van der Waals surface area contributed by atoms with Gasteiger partial charge in [0.05, 0.1) is 12.2 Å². The van der Waals surface area contributed by atoms with Gasteiger partial charge in [-0.05, 0) is 19.8 Å². The smallest absolute Gasteiger partial charge is 0.132 e. The summed E-state index contributed by atoms with van der Waals surface area (Å²) in [6.07, 6.45) is 2.40. The Morgan fingerprint density at radius 3 is 2.83 bits per heavy atom. The maximum Gasteiger partial charge on any atom is 0.132 e. The molecule has 0 amide bonds. The summed E-state index contributed by atoms with van der Waals surface area (Å²) in [7, 11) is 1.65. The van der Waals surface area contributed by atoms with Gasteiger partial charge in [-0.1, -0.05) is 0 Å². The van der Waals surface area contributed by atoms with Crippen molar-refractivity contribution in [1.82, 2.24) is 0 Å². The Morgan fingerprint density at radius 2 is 2.42 bits per heavy atom. The number of hydrogen-bond donors (Lipinski definition) is 0. The lowest BCUT2D eigenvalue weighted by atomic mass is 9.91. The van der Waals surface area contributed by atoms with Crippen LogP contribution in [-0.2, 0) is 14.3 Å². The number of carbonyl (C=O) groups is 1. The predicted octanol–water partition coefficient (Wildman–Crippen LogP) is 1.16. The molecule has 12 heavy (non-hydrogen) atoms. The Morgan fingerprint density at radius 1 is 1.67 bits per heavy atom. The average Bonchev–Trinajstić information content (AvgIpc) is 2.05. The van der Waals surface area contributed by atoms with Crippen LogP contribution >= 0.6 is 0 Å². The molecule has 0 saturated carbocycles. The zero-order valence-electron chi connectivity index (χ0n) is 7.76. The first-order chi connectivity index (χ1) is 5.68. The van der Waals surface area contributed by atoms with Gasteiger partial charge in [0.2, 0.25) is 0 Å². The second kappa shape index (κ2) is 4.01. The van der Waals surface area contributed by atoms with E-state index < -0.39 is 0 Å². The average molecular weight is 172 g/mol. The van der Waals surface area contributed by atoms with Crippen molar-refractivity contribution in [2.24, 2.45) is 0 Å². The minimum atomic E-state index is -0.329. The van der Waals surface area contributed by atoms with E-state index in [4.69, 9.17) is 9.47 Å². The van der Waals surface area contributed by atoms with Gasteiger partial charge >= 0.3 is 0 Å². The molecule has 1 aliphatic rings. The van der Waals surface area contributed by atoms with Crippen LogP contribution in [0.5, 0.6) is 0 Å². The fourth-order valence-electron chi connectivity index (χ4n) is 1.65. The first kappa shape index (κ1) is 9.68. The van der Waals surface area contributed by atoms with Gasteiger partial charge in [-0.15, -0.1) is 0 Å². The van der Waals surface area contributed by atoms with E-state index in [0.29, 0.717) is 13.0 Å². The van der Waals surface area contributed by atoms with Crippen molar-refractivity contribution in [3.05, 3.63) is 0 Å². The summed E-state index contributed by atoms with van der Waals surface area (Å²) in [5, 5.41) is 0. The van der Waals surface area contributed by atoms with E-state index >= 15 is 0 Å². The van der Waals surface area contributed by atoms with Gasteiger partial charge in [0.1, 0.15) is 5.78 Å². The van der Waals surface area contributed by atoms with Gasteiger partial charge in [0.25, 0.3) is 0 Å². The fraction of sp³-hybridized carbons (Fsp3) is 0.889. The maximum atomic E-state index is 10.9. The van der Waals surface area contributed by atoms with Crippen molar-refractivity contribution < 1.29 is 14.3 Å². The third-order valence-corrected chi connectivity index (χ3v) is 2.29. The van der Waals surface area contributed by atoms with Gasteiger partial charge in [0.15, 0.2) is 0 Å². The van der Waals surface area contributed by atoms with Crippen LogP contribution in [0.4, 0.5) is 0 Å². The molecule has 0 radical (unpaired) electrons. The number of carbonyl (C=O) groups excluding carboxylic acids is 1. The van der Waals surface area contributed by atoms with Crippen molar-refractivity contribution in [2.75, 3.05) is 20.3 Å². The zero-order valence-corrected chi connectivity index (χ0v) is 7.76. The third kappa shape index (κ3) is 2.29. The molecule has 0 aromatic heterocycles. The number of ether oxygens (including phenoxy) is 2. The Kier molecular flexibility index (Phi) is 3.23. The Bertz CT molecular complexity index is 159. The Balaban J connectivity index is 2.53. The molecule has 0 aromatic rings. The molecule has 0 N–H and O–H groups in total. The van der Waals surface area contributed by atoms with E-state index in [9.17, 15) is 4.79 Å². The summed E-state index contributed by atoms with van der Waals surface area (Å²) in [6, 6.07) is 0. The van der Waals surface area contributed by atoms with Crippen LogP contribution in [0.2, 0.25) is 0 Å². The van der Waals surface area contributed by atoms with Crippen molar-refractivity contribution in [1.29, 1.82) is 0 Å². The third-order valence-electron chi connectivity index (χ3n) is 2.29. The molecule has 0 spiro atoms. The molecular formula is C9H16O3. The lowest BCUT2D eigenvalue weighted by molar-refractivity contribution is -0.137. The molecule has 0 aliphatic carbocycles. The van der Waals surface area contributed by atoms with Crippen LogP contribution in [0.25, 0.3) is 0 Å². The molecule has 1 atom stereocenters. The predicted molar refractivity (Wildman–Crippen MR) is 45.1 cm³/mol. The van der Waals surface area contributed by atoms with Crippen molar-refractivity contribution in [2.45, 2.75) is 31.8 Å². The second-order valence-corrected chi connectivity index (χ2v) is 3.42. The van der Waals surface area contributed by atoms with Crippen LogP contribution in [0, 0.1) is 0 Å². The molecule has 1 rings (SSSR count). The van der Waals surface area contributed by atoms with Crippen molar-refractivity contribution in [3.63, 3.8) is 0 Å². The van der Waals surface area contributed by atoms with E-state index in [1.54, 1.807) is 14.0 Å². The summed E-state index contributed by atoms with van der Waals surface area (Å²) >= 11 is 0. The molecule has 1 saturated heterocycles. The summed E-state index contributed by atoms with van der Waals surface area (Å²) in [4.78, 5) is 10.9. The summed E-state index contributed by atoms with van der Waals surface area (Å²) in [5.41, 5.74) is -0.329. The molecular weight excluding hydrogens is 156 g/mol. The topological polar surface area (TPSA) is 35.5 Å². The summed E-state index contributed by atoms with van der Waals surface area (Å²) in [6.45, 7) is 2.95. The highest BCUT2D eigenvalue weighted by Gasteiger charge is 2.33. The van der Waals surface area contributed by atoms with E-state index in [2.05, 4.69) is 0 Å². The number of Topliss-reactive ketones (excluding diaryl/α,β-unsaturated/α-hetero) is 1. The van der Waals surface area contributed by atoms with Crippen LogP contribution < -0.4 is 0 Å². The van der Waals surface area contributed by atoms with Crippen LogP contribution in [0.1, 0.15) is 26.2 Å². The standard InChI is InChI=1S/C9H16O3/c1-8(10)6-9(11-2)4-3-5-12-7-9/h3-7H2,1-2H3. The molecule has 1 aliphatic heterocycles. The second-order valence-electron chi connectivity index (χ2n) is 3.42. The van der Waals surface area contributed by atoms with Gasteiger partial charge < -0.3 is 9.47 Å². The SMILES string of the molecule is COC1(CC(C)=O)CCCOC1. The Labute approximate surface area is 73.0 Å². The van der Waals surface area contributed by atoms with E-state index in [1.165, 1.54) is 0 Å². The van der Waals surface area contributed by atoms with E-state index in [-0.39, 0.29) is 11.4 Å². The lowest BCUT2D eigenvalue weighted by Crippen LogP contribution is -2.42. The minimum absolute atomic E-state index is 0.169. The van der Waals surface area contributed by atoms with Gasteiger partial charge in [-0.25, -0.2) is 0 Å². The van der Waals surface area contributed by atoms with Crippen molar-refractivity contribution in [3.8, 4) is 0 Å². The van der Waals surface area contributed by atoms with Crippen LogP contribution in [0.3, 0.4) is 0 Å². The molecule has 70 valence electrons. The fourth-order valence-corrected chi connectivity index (χ4v) is 1.65. The molecule has 1 unspecified atom stereocenters. The largest absolute Gasteiger partial charge is 0.378 e. The lowest BCUT2D eigenvalue weighted by Gasteiger charge is -2.34. The molecule has 3 heteroatoms. The van der Waals surface area contributed by atoms with Gasteiger partial charge in [0, 0.05) is 20.1 Å².